The van der Waals surface area contributed by atoms with Crippen molar-refractivity contribution in [2.45, 2.75) is 12.8 Å². The van der Waals surface area contributed by atoms with Crippen LogP contribution < -0.4 is 9.80 Å². The quantitative estimate of drug-likeness (QED) is 0.761. The Hall–Kier alpha value is -1.80. The number of nitrogens with zero attached hydrogens (tertiary/aromatic N) is 5. The Labute approximate surface area is 120 Å². The van der Waals surface area contributed by atoms with Gasteiger partial charge in [-0.2, -0.15) is 0 Å². The lowest BCUT2D eigenvalue weighted by Crippen LogP contribution is -2.46. The minimum Gasteiger partial charge on any atom is -0.356 e. The Morgan fingerprint density at radius 2 is 1.55 bits per heavy atom. The highest BCUT2D eigenvalue weighted by Crippen LogP contribution is 2.21. The molecule has 3 heterocycles. The predicted molar refractivity (Wildman–Crippen MR) is 81.0 cm³/mol. The predicted octanol–water partition coefficient (Wildman–Crippen LogP) is 0.832. The lowest BCUT2D eigenvalue weighted by Gasteiger charge is -2.34. The normalized spacial score (nSPS) is 20.1. The molecule has 1 aromatic heterocycles. The highest BCUT2D eigenvalue weighted by molar-refractivity contribution is 5.50. The van der Waals surface area contributed by atoms with E-state index in [1.165, 1.54) is 12.8 Å². The van der Waals surface area contributed by atoms with Gasteiger partial charge in [0, 0.05) is 45.3 Å². The van der Waals surface area contributed by atoms with E-state index < -0.39 is 0 Å². The average Bonchev–Trinajstić information content (AvgIpc) is 3.03. The molecule has 1 aromatic rings. The minimum atomic E-state index is 0.747. The molecule has 0 radical (unpaired) electrons. The Bertz CT molecular complexity index is 481. The molecule has 5 heteroatoms. The molecular formula is C15H21N5. The van der Waals surface area contributed by atoms with Crippen LogP contribution in [-0.4, -0.2) is 60.7 Å². The van der Waals surface area contributed by atoms with Crippen LogP contribution in [0.2, 0.25) is 0 Å². The molecule has 2 fully saturated rings. The fraction of sp³-hybridized carbons (Fsp3) is 0.600. The lowest BCUT2D eigenvalue weighted by molar-refractivity contribution is 0.287. The molecule has 2 aliphatic rings. The van der Waals surface area contributed by atoms with Crippen molar-refractivity contribution in [2.24, 2.45) is 0 Å². The minimum absolute atomic E-state index is 0.747. The molecule has 106 valence electrons. The van der Waals surface area contributed by atoms with Crippen LogP contribution in [0, 0.1) is 12.3 Å². The second kappa shape index (κ2) is 6.10. The van der Waals surface area contributed by atoms with E-state index in [4.69, 9.17) is 6.42 Å². The highest BCUT2D eigenvalue weighted by Gasteiger charge is 2.19. The van der Waals surface area contributed by atoms with Gasteiger partial charge in [-0.05, 0) is 12.8 Å². The summed E-state index contributed by atoms with van der Waals surface area (Å²) in [7, 11) is 0. The second-order valence-electron chi connectivity index (χ2n) is 5.40. The van der Waals surface area contributed by atoms with Gasteiger partial charge in [0.05, 0.1) is 6.54 Å². The van der Waals surface area contributed by atoms with Gasteiger partial charge in [-0.15, -0.1) is 6.42 Å². The van der Waals surface area contributed by atoms with Crippen molar-refractivity contribution in [2.75, 3.05) is 55.6 Å². The summed E-state index contributed by atoms with van der Waals surface area (Å²) in [6, 6.07) is 2.13. The van der Waals surface area contributed by atoms with Crippen molar-refractivity contribution in [1.29, 1.82) is 0 Å². The molecule has 3 rings (SSSR count). The van der Waals surface area contributed by atoms with E-state index in [0.717, 1.165) is 57.4 Å². The van der Waals surface area contributed by atoms with Crippen LogP contribution in [0.5, 0.6) is 0 Å². The first-order chi connectivity index (χ1) is 9.86. The van der Waals surface area contributed by atoms with Crippen molar-refractivity contribution in [1.82, 2.24) is 14.9 Å². The monoisotopic (exact) mass is 271 g/mol. The molecule has 2 aliphatic heterocycles. The van der Waals surface area contributed by atoms with Crippen molar-refractivity contribution in [3.63, 3.8) is 0 Å². The standard InChI is InChI=1S/C15H21N5/c1-2-5-18-8-10-20(11-9-18)15-12-14(16-13-17-15)19-6-3-4-7-19/h1,12-13H,3-11H2. The zero-order valence-corrected chi connectivity index (χ0v) is 11.8. The molecule has 0 amide bonds. The Morgan fingerprint density at radius 3 is 2.15 bits per heavy atom. The van der Waals surface area contributed by atoms with Gasteiger partial charge in [0.2, 0.25) is 0 Å². The first-order valence-corrected chi connectivity index (χ1v) is 7.34. The second-order valence-corrected chi connectivity index (χ2v) is 5.40. The molecule has 0 saturated carbocycles. The van der Waals surface area contributed by atoms with E-state index in [2.05, 4.69) is 36.7 Å². The lowest BCUT2D eigenvalue weighted by atomic mass is 10.3. The Kier molecular flexibility index (Phi) is 4.03. The van der Waals surface area contributed by atoms with Gasteiger partial charge in [-0.25, -0.2) is 9.97 Å². The molecule has 20 heavy (non-hydrogen) atoms. The molecule has 0 N–H and O–H groups in total. The van der Waals surface area contributed by atoms with Gasteiger partial charge < -0.3 is 9.80 Å². The van der Waals surface area contributed by atoms with E-state index in [9.17, 15) is 0 Å². The molecule has 0 atom stereocenters. The number of anilines is 2. The molecule has 0 unspecified atom stereocenters. The van der Waals surface area contributed by atoms with E-state index >= 15 is 0 Å². The van der Waals surface area contributed by atoms with Crippen LogP contribution >= 0.6 is 0 Å². The van der Waals surface area contributed by atoms with E-state index in [-0.39, 0.29) is 0 Å². The van der Waals surface area contributed by atoms with Crippen LogP contribution in [-0.2, 0) is 0 Å². The molecule has 0 aromatic carbocycles. The van der Waals surface area contributed by atoms with E-state index in [1.54, 1.807) is 6.33 Å². The van der Waals surface area contributed by atoms with Gasteiger partial charge in [0.25, 0.3) is 0 Å². The largest absolute Gasteiger partial charge is 0.356 e. The molecular weight excluding hydrogens is 250 g/mol. The Balaban J connectivity index is 1.65. The molecule has 0 aliphatic carbocycles. The molecule has 0 bridgehead atoms. The van der Waals surface area contributed by atoms with Crippen LogP contribution in [0.15, 0.2) is 12.4 Å². The molecule has 5 nitrogen and oxygen atoms in total. The summed E-state index contributed by atoms with van der Waals surface area (Å²) in [5.74, 6) is 4.83. The zero-order valence-electron chi connectivity index (χ0n) is 11.8. The SMILES string of the molecule is C#CCN1CCN(c2cc(N3CCCC3)ncn2)CC1. The maximum atomic E-state index is 5.36. The maximum absolute atomic E-state index is 5.36. The van der Waals surface area contributed by atoms with Crippen molar-refractivity contribution in [3.8, 4) is 12.3 Å². The van der Waals surface area contributed by atoms with Gasteiger partial charge in [0.1, 0.15) is 18.0 Å². The third kappa shape index (κ3) is 2.86. The third-order valence-electron chi connectivity index (χ3n) is 4.08. The number of rotatable bonds is 3. The first kappa shape index (κ1) is 13.2. The van der Waals surface area contributed by atoms with Gasteiger partial charge in [0.15, 0.2) is 0 Å². The van der Waals surface area contributed by atoms with Gasteiger partial charge in [-0.1, -0.05) is 5.92 Å². The van der Waals surface area contributed by atoms with Crippen molar-refractivity contribution >= 4 is 11.6 Å². The smallest absolute Gasteiger partial charge is 0.134 e. The topological polar surface area (TPSA) is 35.5 Å². The van der Waals surface area contributed by atoms with Gasteiger partial charge in [-0.3, -0.25) is 4.90 Å². The summed E-state index contributed by atoms with van der Waals surface area (Å²) in [4.78, 5) is 15.8. The van der Waals surface area contributed by atoms with Crippen molar-refractivity contribution < 1.29 is 0 Å². The van der Waals surface area contributed by atoms with Crippen LogP contribution in [0.3, 0.4) is 0 Å². The fourth-order valence-electron chi connectivity index (χ4n) is 2.89. The van der Waals surface area contributed by atoms with Crippen LogP contribution in [0.1, 0.15) is 12.8 Å². The number of aromatic nitrogens is 2. The maximum Gasteiger partial charge on any atom is 0.134 e. The summed E-state index contributed by atoms with van der Waals surface area (Å²) in [6.07, 6.45) is 9.59. The average molecular weight is 271 g/mol. The summed E-state index contributed by atoms with van der Waals surface area (Å²) < 4.78 is 0. The number of piperazine rings is 1. The number of hydrogen-bond acceptors (Lipinski definition) is 5. The Morgan fingerprint density at radius 1 is 0.950 bits per heavy atom. The zero-order chi connectivity index (χ0) is 13.8. The third-order valence-corrected chi connectivity index (χ3v) is 4.08. The fourth-order valence-corrected chi connectivity index (χ4v) is 2.89. The molecule has 2 saturated heterocycles. The number of terminal acetylenes is 1. The summed E-state index contributed by atoms with van der Waals surface area (Å²) in [5.41, 5.74) is 0. The van der Waals surface area contributed by atoms with Crippen molar-refractivity contribution in [3.05, 3.63) is 12.4 Å². The van der Waals surface area contributed by atoms with Crippen LogP contribution in [0.4, 0.5) is 11.6 Å². The summed E-state index contributed by atoms with van der Waals surface area (Å²) >= 11 is 0. The highest BCUT2D eigenvalue weighted by atomic mass is 15.3. The summed E-state index contributed by atoms with van der Waals surface area (Å²) in [5, 5.41) is 0. The van der Waals surface area contributed by atoms with E-state index in [1.807, 2.05) is 0 Å². The van der Waals surface area contributed by atoms with Crippen LogP contribution in [0.25, 0.3) is 0 Å². The first-order valence-electron chi connectivity index (χ1n) is 7.34. The van der Waals surface area contributed by atoms with Gasteiger partial charge >= 0.3 is 0 Å². The number of hydrogen-bond donors (Lipinski definition) is 0. The van der Waals surface area contributed by atoms with E-state index in [0.29, 0.717) is 0 Å². The molecule has 0 spiro atoms. The summed E-state index contributed by atoms with van der Waals surface area (Å²) in [6.45, 7) is 6.96.